The normalized spacial score (nSPS) is 10.7. The Balaban J connectivity index is 2.94. The molecule has 1 rings (SSSR count). The van der Waals surface area contributed by atoms with Gasteiger partial charge < -0.3 is 0 Å². The van der Waals surface area contributed by atoms with E-state index in [0.717, 1.165) is 5.56 Å². The lowest BCUT2D eigenvalue weighted by Gasteiger charge is -1.97. The fourth-order valence-electron chi connectivity index (χ4n) is 0.682. The van der Waals surface area contributed by atoms with E-state index in [2.05, 4.69) is 24.0 Å². The highest BCUT2D eigenvalue weighted by atomic mass is 35.5. The highest BCUT2D eigenvalue weighted by molar-refractivity contribution is 6.30. The molecule has 0 atom stereocenters. The minimum absolute atomic E-state index is 0.455. The number of aromatic nitrogens is 2. The second-order valence-corrected chi connectivity index (χ2v) is 2.67. The fourth-order valence-corrected chi connectivity index (χ4v) is 0.998. The van der Waals surface area contributed by atoms with Crippen LogP contribution in [0.5, 0.6) is 0 Å². The average molecular weight is 145 g/mol. The number of hydrogen-bond acceptors (Lipinski definition) is 1. The molecule has 0 radical (unpaired) electrons. The van der Waals surface area contributed by atoms with E-state index in [-0.39, 0.29) is 0 Å². The standard InChI is InChI=1S/C6H9ClN2/c1-4(2)5-3-8-9-6(5)7/h3-4H,1-2H3,(H,8,9). The third-order valence-corrected chi connectivity index (χ3v) is 1.54. The second-order valence-electron chi connectivity index (χ2n) is 2.29. The number of halogens is 1. The van der Waals surface area contributed by atoms with Crippen molar-refractivity contribution in [2.24, 2.45) is 0 Å². The van der Waals surface area contributed by atoms with Crippen LogP contribution in [0.2, 0.25) is 5.15 Å². The van der Waals surface area contributed by atoms with E-state index in [1.165, 1.54) is 0 Å². The SMILES string of the molecule is CC(C)c1cn[nH]c1Cl. The van der Waals surface area contributed by atoms with Crippen molar-refractivity contribution in [3.8, 4) is 0 Å². The molecule has 0 aliphatic heterocycles. The molecule has 0 aromatic carbocycles. The summed E-state index contributed by atoms with van der Waals surface area (Å²) >= 11 is 5.72. The van der Waals surface area contributed by atoms with Crippen molar-refractivity contribution in [2.45, 2.75) is 19.8 Å². The van der Waals surface area contributed by atoms with Gasteiger partial charge in [-0.15, -0.1) is 0 Å². The first kappa shape index (κ1) is 6.62. The Morgan fingerprint density at radius 3 is 2.56 bits per heavy atom. The summed E-state index contributed by atoms with van der Waals surface area (Å²) in [5.41, 5.74) is 1.08. The lowest BCUT2D eigenvalue weighted by molar-refractivity contribution is 0.868. The van der Waals surface area contributed by atoms with E-state index in [4.69, 9.17) is 11.6 Å². The molecule has 0 saturated carbocycles. The molecular weight excluding hydrogens is 136 g/mol. The van der Waals surface area contributed by atoms with Crippen LogP contribution in [0.25, 0.3) is 0 Å². The number of nitrogens with one attached hydrogen (secondary N) is 1. The van der Waals surface area contributed by atoms with Gasteiger partial charge in [0.2, 0.25) is 0 Å². The average Bonchev–Trinajstić information content (AvgIpc) is 2.13. The van der Waals surface area contributed by atoms with Crippen LogP contribution in [0.1, 0.15) is 25.3 Å². The van der Waals surface area contributed by atoms with E-state index in [1.54, 1.807) is 6.20 Å². The predicted molar refractivity (Wildman–Crippen MR) is 37.7 cm³/mol. The van der Waals surface area contributed by atoms with Gasteiger partial charge in [0.25, 0.3) is 0 Å². The largest absolute Gasteiger partial charge is 0.267 e. The third kappa shape index (κ3) is 1.24. The minimum atomic E-state index is 0.455. The number of rotatable bonds is 1. The maximum absolute atomic E-state index is 5.72. The van der Waals surface area contributed by atoms with E-state index in [1.807, 2.05) is 0 Å². The number of hydrogen-bond donors (Lipinski definition) is 1. The van der Waals surface area contributed by atoms with Crippen LogP contribution >= 0.6 is 11.6 Å². The molecular formula is C6H9ClN2. The summed E-state index contributed by atoms with van der Waals surface area (Å²) in [6, 6.07) is 0. The van der Waals surface area contributed by atoms with E-state index < -0.39 is 0 Å². The Bertz CT molecular complexity index is 193. The predicted octanol–water partition coefficient (Wildman–Crippen LogP) is 2.19. The number of nitrogens with zero attached hydrogens (tertiary/aromatic N) is 1. The van der Waals surface area contributed by atoms with Crippen molar-refractivity contribution in [2.75, 3.05) is 0 Å². The second kappa shape index (κ2) is 2.40. The maximum atomic E-state index is 5.72. The zero-order valence-corrected chi connectivity index (χ0v) is 6.24. The van der Waals surface area contributed by atoms with Gasteiger partial charge in [-0.1, -0.05) is 25.4 Å². The van der Waals surface area contributed by atoms with Crippen LogP contribution in [0.15, 0.2) is 6.20 Å². The molecule has 0 aliphatic rings. The smallest absolute Gasteiger partial charge is 0.127 e. The van der Waals surface area contributed by atoms with Gasteiger partial charge in [-0.05, 0) is 5.92 Å². The summed E-state index contributed by atoms with van der Waals surface area (Å²) < 4.78 is 0. The first-order valence-corrected chi connectivity index (χ1v) is 3.28. The summed E-state index contributed by atoms with van der Waals surface area (Å²) in [5.74, 6) is 0.455. The summed E-state index contributed by atoms with van der Waals surface area (Å²) in [7, 11) is 0. The monoisotopic (exact) mass is 144 g/mol. The van der Waals surface area contributed by atoms with Crippen LogP contribution in [0.4, 0.5) is 0 Å². The van der Waals surface area contributed by atoms with Crippen molar-refractivity contribution < 1.29 is 0 Å². The van der Waals surface area contributed by atoms with Crippen molar-refractivity contribution in [1.82, 2.24) is 10.2 Å². The lowest BCUT2D eigenvalue weighted by Crippen LogP contribution is -1.82. The molecule has 9 heavy (non-hydrogen) atoms. The zero-order valence-electron chi connectivity index (χ0n) is 5.48. The van der Waals surface area contributed by atoms with Gasteiger partial charge in [0, 0.05) is 5.56 Å². The van der Waals surface area contributed by atoms with E-state index in [9.17, 15) is 0 Å². The number of H-pyrrole nitrogens is 1. The maximum Gasteiger partial charge on any atom is 0.127 e. The Labute approximate surface area is 59.2 Å². The van der Waals surface area contributed by atoms with Crippen LogP contribution in [-0.4, -0.2) is 10.2 Å². The molecule has 0 aliphatic carbocycles. The van der Waals surface area contributed by atoms with Crippen LogP contribution in [-0.2, 0) is 0 Å². The lowest BCUT2D eigenvalue weighted by atomic mass is 10.1. The Hall–Kier alpha value is -0.500. The minimum Gasteiger partial charge on any atom is -0.267 e. The molecule has 2 nitrogen and oxygen atoms in total. The highest BCUT2D eigenvalue weighted by Crippen LogP contribution is 2.20. The summed E-state index contributed by atoms with van der Waals surface area (Å²) in [4.78, 5) is 0. The first-order chi connectivity index (χ1) is 4.22. The molecule has 0 bridgehead atoms. The van der Waals surface area contributed by atoms with E-state index in [0.29, 0.717) is 11.1 Å². The molecule has 0 saturated heterocycles. The Kier molecular flexibility index (Phi) is 1.76. The fraction of sp³-hybridized carbons (Fsp3) is 0.500. The quantitative estimate of drug-likeness (QED) is 0.643. The van der Waals surface area contributed by atoms with Crippen molar-refractivity contribution >= 4 is 11.6 Å². The number of aromatic amines is 1. The van der Waals surface area contributed by atoms with Gasteiger partial charge in [0.05, 0.1) is 6.20 Å². The van der Waals surface area contributed by atoms with E-state index >= 15 is 0 Å². The molecule has 1 aromatic rings. The zero-order chi connectivity index (χ0) is 6.85. The Morgan fingerprint density at radius 1 is 1.67 bits per heavy atom. The van der Waals surface area contributed by atoms with Crippen molar-refractivity contribution in [1.29, 1.82) is 0 Å². The molecule has 1 heterocycles. The molecule has 1 N–H and O–H groups in total. The van der Waals surface area contributed by atoms with Crippen molar-refractivity contribution in [3.63, 3.8) is 0 Å². The first-order valence-electron chi connectivity index (χ1n) is 2.90. The molecule has 0 unspecified atom stereocenters. The summed E-state index contributed by atoms with van der Waals surface area (Å²) in [6.07, 6.45) is 1.76. The van der Waals surface area contributed by atoms with Gasteiger partial charge in [0.1, 0.15) is 5.15 Å². The molecule has 3 heteroatoms. The van der Waals surface area contributed by atoms with Gasteiger partial charge in [-0.25, -0.2) is 0 Å². The molecule has 1 aromatic heterocycles. The topological polar surface area (TPSA) is 28.7 Å². The molecule has 0 fully saturated rings. The van der Waals surface area contributed by atoms with Crippen LogP contribution in [0, 0.1) is 0 Å². The summed E-state index contributed by atoms with van der Waals surface area (Å²) in [5, 5.41) is 7.11. The van der Waals surface area contributed by atoms with Gasteiger partial charge in [-0.3, -0.25) is 5.10 Å². The highest BCUT2D eigenvalue weighted by Gasteiger charge is 2.04. The van der Waals surface area contributed by atoms with Crippen LogP contribution < -0.4 is 0 Å². The molecule has 0 amide bonds. The van der Waals surface area contributed by atoms with Crippen molar-refractivity contribution in [3.05, 3.63) is 16.9 Å². The van der Waals surface area contributed by atoms with Gasteiger partial charge in [-0.2, -0.15) is 5.10 Å². The van der Waals surface area contributed by atoms with Gasteiger partial charge in [0.15, 0.2) is 0 Å². The molecule has 0 spiro atoms. The van der Waals surface area contributed by atoms with Gasteiger partial charge >= 0.3 is 0 Å². The summed E-state index contributed by atoms with van der Waals surface area (Å²) in [6.45, 7) is 4.16. The third-order valence-electron chi connectivity index (χ3n) is 1.24. The van der Waals surface area contributed by atoms with Crippen LogP contribution in [0.3, 0.4) is 0 Å². The molecule has 50 valence electrons. The Morgan fingerprint density at radius 2 is 2.33 bits per heavy atom.